The van der Waals surface area contributed by atoms with E-state index >= 15 is 0 Å². The Labute approximate surface area is 104 Å². The topological polar surface area (TPSA) is 48.2 Å². The van der Waals surface area contributed by atoms with Gasteiger partial charge in [0.25, 0.3) is 5.89 Å². The summed E-state index contributed by atoms with van der Waals surface area (Å²) < 4.78 is 10.7. The fourth-order valence-corrected chi connectivity index (χ4v) is 1.98. The van der Waals surface area contributed by atoms with Crippen LogP contribution in [0.3, 0.4) is 0 Å². The molecule has 0 N–H and O–H groups in total. The predicted octanol–water partition coefficient (Wildman–Crippen LogP) is 3.24. The third-order valence-electron chi connectivity index (χ3n) is 2.75. The van der Waals surface area contributed by atoms with E-state index in [1.807, 2.05) is 12.1 Å². The lowest BCUT2D eigenvalue weighted by atomic mass is 10.2. The summed E-state index contributed by atoms with van der Waals surface area (Å²) in [5.74, 6) is 1.14. The predicted molar refractivity (Wildman–Crippen MR) is 62.7 cm³/mol. The van der Waals surface area contributed by atoms with E-state index in [2.05, 4.69) is 10.1 Å². The van der Waals surface area contributed by atoms with Crippen molar-refractivity contribution in [3.8, 4) is 11.4 Å². The number of benzene rings is 1. The third kappa shape index (κ3) is 2.18. The molecule has 0 spiro atoms. The lowest BCUT2D eigenvalue weighted by Gasteiger charge is -2.00. The van der Waals surface area contributed by atoms with E-state index in [0.29, 0.717) is 16.7 Å². The van der Waals surface area contributed by atoms with E-state index in [9.17, 15) is 0 Å². The van der Waals surface area contributed by atoms with Crippen molar-refractivity contribution in [3.63, 3.8) is 0 Å². The van der Waals surface area contributed by atoms with Gasteiger partial charge in [-0.1, -0.05) is 16.8 Å². The molecule has 1 aliphatic rings. The molecule has 2 aromatic rings. The van der Waals surface area contributed by atoms with Crippen LogP contribution in [0.5, 0.6) is 0 Å². The maximum absolute atomic E-state index is 5.82. The van der Waals surface area contributed by atoms with Gasteiger partial charge in [0.1, 0.15) is 6.10 Å². The highest BCUT2D eigenvalue weighted by atomic mass is 35.5. The van der Waals surface area contributed by atoms with Gasteiger partial charge >= 0.3 is 0 Å². The first-order valence-electron chi connectivity index (χ1n) is 5.54. The van der Waals surface area contributed by atoms with Gasteiger partial charge in [-0.2, -0.15) is 4.98 Å². The molecule has 1 aliphatic heterocycles. The normalized spacial score (nSPS) is 19.7. The fourth-order valence-electron chi connectivity index (χ4n) is 1.85. The Hall–Kier alpha value is -1.39. The Balaban J connectivity index is 1.86. The lowest BCUT2D eigenvalue weighted by Crippen LogP contribution is -1.95. The minimum absolute atomic E-state index is 0.0384. The molecule has 0 radical (unpaired) electrons. The van der Waals surface area contributed by atoms with Crippen molar-refractivity contribution in [1.82, 2.24) is 10.1 Å². The molecule has 1 saturated heterocycles. The molecule has 88 valence electrons. The first-order valence-corrected chi connectivity index (χ1v) is 5.92. The van der Waals surface area contributed by atoms with Gasteiger partial charge in [-0.3, -0.25) is 0 Å². The van der Waals surface area contributed by atoms with Crippen molar-refractivity contribution < 1.29 is 9.26 Å². The average Bonchev–Trinajstić information content (AvgIpc) is 3.00. The zero-order valence-corrected chi connectivity index (χ0v) is 9.85. The highest BCUT2D eigenvalue weighted by Crippen LogP contribution is 2.28. The maximum Gasteiger partial charge on any atom is 0.256 e. The van der Waals surface area contributed by atoms with Crippen molar-refractivity contribution in [1.29, 1.82) is 0 Å². The molecule has 4 nitrogen and oxygen atoms in total. The fraction of sp³-hybridized carbons (Fsp3) is 0.333. The summed E-state index contributed by atoms with van der Waals surface area (Å²) in [7, 11) is 0. The molecule has 17 heavy (non-hydrogen) atoms. The van der Waals surface area contributed by atoms with Crippen molar-refractivity contribution >= 4 is 11.6 Å². The highest BCUT2D eigenvalue weighted by Gasteiger charge is 2.24. The monoisotopic (exact) mass is 250 g/mol. The number of hydrogen-bond donors (Lipinski definition) is 0. The maximum atomic E-state index is 5.82. The van der Waals surface area contributed by atoms with E-state index in [0.717, 1.165) is 25.0 Å². The van der Waals surface area contributed by atoms with Crippen LogP contribution >= 0.6 is 11.6 Å². The quantitative estimate of drug-likeness (QED) is 0.821. The standard InChI is InChI=1S/C12H11ClN2O2/c13-9-5-3-8(4-6-9)11-14-12(17-15-11)10-2-1-7-16-10/h3-6,10H,1-2,7H2/t10-/m0/s1. The molecule has 0 aliphatic carbocycles. The minimum Gasteiger partial charge on any atom is -0.368 e. The van der Waals surface area contributed by atoms with Crippen LogP contribution in [-0.4, -0.2) is 16.7 Å². The number of nitrogens with zero attached hydrogens (tertiary/aromatic N) is 2. The molecule has 1 aromatic carbocycles. The summed E-state index contributed by atoms with van der Waals surface area (Å²) >= 11 is 5.82. The van der Waals surface area contributed by atoms with Gasteiger partial charge in [-0.15, -0.1) is 0 Å². The van der Waals surface area contributed by atoms with E-state index in [1.165, 1.54) is 0 Å². The molecule has 5 heteroatoms. The summed E-state index contributed by atoms with van der Waals surface area (Å²) in [4.78, 5) is 4.35. The molecule has 0 bridgehead atoms. The molecule has 0 saturated carbocycles. The summed E-state index contributed by atoms with van der Waals surface area (Å²) in [5, 5.41) is 4.64. The second kappa shape index (κ2) is 4.47. The minimum atomic E-state index is -0.0384. The molecule has 1 atom stereocenters. The Morgan fingerprint density at radius 1 is 1.24 bits per heavy atom. The molecule has 0 unspecified atom stereocenters. The first kappa shape index (κ1) is 10.7. The summed E-state index contributed by atoms with van der Waals surface area (Å²) in [6.45, 7) is 0.767. The number of halogens is 1. The van der Waals surface area contributed by atoms with Gasteiger partial charge in [-0.25, -0.2) is 0 Å². The van der Waals surface area contributed by atoms with Gasteiger partial charge in [0.15, 0.2) is 0 Å². The van der Waals surface area contributed by atoms with Crippen LogP contribution in [0.1, 0.15) is 24.8 Å². The molecule has 0 amide bonds. The van der Waals surface area contributed by atoms with Crippen LogP contribution in [0.4, 0.5) is 0 Å². The van der Waals surface area contributed by atoms with Crippen molar-refractivity contribution in [2.75, 3.05) is 6.61 Å². The van der Waals surface area contributed by atoms with Crippen LogP contribution < -0.4 is 0 Å². The highest BCUT2D eigenvalue weighted by molar-refractivity contribution is 6.30. The van der Waals surface area contributed by atoms with Gasteiger partial charge < -0.3 is 9.26 Å². The summed E-state index contributed by atoms with van der Waals surface area (Å²) in [5.41, 5.74) is 0.891. The largest absolute Gasteiger partial charge is 0.368 e. The first-order chi connectivity index (χ1) is 8.33. The Morgan fingerprint density at radius 2 is 2.06 bits per heavy atom. The van der Waals surface area contributed by atoms with Crippen molar-refractivity contribution in [2.45, 2.75) is 18.9 Å². The van der Waals surface area contributed by atoms with Gasteiger partial charge in [0.05, 0.1) is 0 Å². The molecule has 1 fully saturated rings. The van der Waals surface area contributed by atoms with Gasteiger partial charge in [-0.05, 0) is 37.1 Å². The average molecular weight is 251 g/mol. The molecular weight excluding hydrogens is 240 g/mol. The summed E-state index contributed by atoms with van der Waals surface area (Å²) in [6, 6.07) is 7.34. The number of hydrogen-bond acceptors (Lipinski definition) is 4. The van der Waals surface area contributed by atoms with Crippen molar-refractivity contribution in [2.24, 2.45) is 0 Å². The Bertz CT molecular complexity index is 503. The van der Waals surface area contributed by atoms with Gasteiger partial charge in [0, 0.05) is 17.2 Å². The second-order valence-corrected chi connectivity index (χ2v) is 4.40. The van der Waals surface area contributed by atoms with E-state index in [4.69, 9.17) is 20.9 Å². The molecule has 3 rings (SSSR count). The molecule has 2 heterocycles. The number of aromatic nitrogens is 2. The van der Waals surface area contributed by atoms with E-state index < -0.39 is 0 Å². The van der Waals surface area contributed by atoms with Crippen LogP contribution in [-0.2, 0) is 4.74 Å². The van der Waals surface area contributed by atoms with Crippen molar-refractivity contribution in [3.05, 3.63) is 35.2 Å². The number of ether oxygens (including phenoxy) is 1. The number of rotatable bonds is 2. The zero-order chi connectivity index (χ0) is 11.7. The molecular formula is C12H11ClN2O2. The third-order valence-corrected chi connectivity index (χ3v) is 3.00. The van der Waals surface area contributed by atoms with Crippen LogP contribution in [0.25, 0.3) is 11.4 Å². The van der Waals surface area contributed by atoms with Crippen LogP contribution in [0.2, 0.25) is 5.02 Å². The van der Waals surface area contributed by atoms with Gasteiger partial charge in [0.2, 0.25) is 5.82 Å². The van der Waals surface area contributed by atoms with Crippen LogP contribution in [0, 0.1) is 0 Å². The Morgan fingerprint density at radius 3 is 2.76 bits per heavy atom. The summed E-state index contributed by atoms with van der Waals surface area (Å²) in [6.07, 6.45) is 1.95. The van der Waals surface area contributed by atoms with Crippen LogP contribution in [0.15, 0.2) is 28.8 Å². The SMILES string of the molecule is Clc1ccc(-c2noc([C@@H]3CCCO3)n2)cc1. The zero-order valence-electron chi connectivity index (χ0n) is 9.10. The van der Waals surface area contributed by atoms with E-state index in [-0.39, 0.29) is 6.10 Å². The smallest absolute Gasteiger partial charge is 0.256 e. The lowest BCUT2D eigenvalue weighted by molar-refractivity contribution is 0.0835. The van der Waals surface area contributed by atoms with E-state index in [1.54, 1.807) is 12.1 Å². The Kier molecular flexibility index (Phi) is 2.82. The molecule has 1 aromatic heterocycles. The second-order valence-electron chi connectivity index (χ2n) is 3.96.